The Bertz CT molecular complexity index is 1170. The first-order chi connectivity index (χ1) is 11.6. The lowest BCUT2D eigenvalue weighted by atomic mass is 10.1. The Labute approximate surface area is 142 Å². The van der Waals surface area contributed by atoms with Crippen molar-refractivity contribution in [3.05, 3.63) is 104 Å². The van der Waals surface area contributed by atoms with E-state index in [0.29, 0.717) is 21.5 Å². The zero-order chi connectivity index (χ0) is 16.7. The molecule has 0 aliphatic carbocycles. The van der Waals surface area contributed by atoms with E-state index in [1.807, 2.05) is 30.3 Å². The molecule has 2 nitrogen and oxygen atoms in total. The number of aliphatic hydroxyl groups is 1. The molecule has 1 aliphatic heterocycles. The average molecular weight is 338 g/mol. The van der Waals surface area contributed by atoms with Crippen LogP contribution < -0.4 is 15.8 Å². The molecule has 1 aliphatic rings. The highest BCUT2D eigenvalue weighted by Gasteiger charge is 2.13. The fraction of sp³-hybridized carbons (Fsp3) is 0. The fourth-order valence-electron chi connectivity index (χ4n) is 3.01. The Morgan fingerprint density at radius 2 is 1.46 bits per heavy atom. The Kier molecular flexibility index (Phi) is 3.51. The van der Waals surface area contributed by atoms with Crippen molar-refractivity contribution >= 4 is 23.2 Å². The number of halogens is 2. The van der Waals surface area contributed by atoms with Crippen LogP contribution in [-0.4, -0.2) is 5.11 Å². The molecule has 3 aromatic carbocycles. The minimum Gasteiger partial charge on any atom is -0.494 e. The Balaban J connectivity index is 2.30. The standard InChI is InChI=1S/C20H13ClFNO/c21-12-9-10-14-13-5-1-2-6-15(13)20(24)23-19(17(14)11-12)16-7-3-4-8-18(16)22/h1-11,23-24H. The predicted molar refractivity (Wildman–Crippen MR) is 92.9 cm³/mol. The second-order valence-corrected chi connectivity index (χ2v) is 6.00. The fourth-order valence-corrected chi connectivity index (χ4v) is 3.18. The molecule has 0 saturated carbocycles. The first-order valence-corrected chi connectivity index (χ1v) is 7.87. The smallest absolute Gasteiger partial charge is 0.196 e. The van der Waals surface area contributed by atoms with Gasteiger partial charge in [-0.05, 0) is 40.8 Å². The molecule has 0 atom stereocenters. The van der Waals surface area contributed by atoms with Gasteiger partial charge in [0.05, 0.1) is 5.70 Å². The Hall–Kier alpha value is -2.78. The number of benzene rings is 3. The van der Waals surface area contributed by atoms with Gasteiger partial charge in [-0.3, -0.25) is 0 Å². The lowest BCUT2D eigenvalue weighted by Gasteiger charge is -2.11. The van der Waals surface area contributed by atoms with Gasteiger partial charge in [-0.25, -0.2) is 4.39 Å². The molecule has 118 valence electrons. The first-order valence-electron chi connectivity index (χ1n) is 7.49. The molecule has 0 unspecified atom stereocenters. The van der Waals surface area contributed by atoms with Crippen molar-refractivity contribution in [2.45, 2.75) is 0 Å². The van der Waals surface area contributed by atoms with Gasteiger partial charge in [-0.2, -0.15) is 0 Å². The second kappa shape index (κ2) is 5.69. The van der Waals surface area contributed by atoms with Crippen molar-refractivity contribution in [3.8, 4) is 0 Å². The van der Waals surface area contributed by atoms with Crippen LogP contribution in [0.15, 0.2) is 66.7 Å². The highest BCUT2D eigenvalue weighted by Crippen LogP contribution is 2.16. The highest BCUT2D eigenvalue weighted by molar-refractivity contribution is 6.30. The van der Waals surface area contributed by atoms with Crippen LogP contribution >= 0.6 is 11.6 Å². The van der Waals surface area contributed by atoms with Crippen LogP contribution in [0.25, 0.3) is 11.6 Å². The van der Waals surface area contributed by atoms with Crippen LogP contribution in [0.3, 0.4) is 0 Å². The molecule has 0 bridgehead atoms. The van der Waals surface area contributed by atoms with Gasteiger partial charge in [0, 0.05) is 21.0 Å². The molecule has 4 heteroatoms. The summed E-state index contributed by atoms with van der Waals surface area (Å²) in [6, 6.07) is 19.4. The summed E-state index contributed by atoms with van der Waals surface area (Å²) in [7, 11) is 0. The van der Waals surface area contributed by atoms with Gasteiger partial charge in [-0.1, -0.05) is 48.0 Å². The van der Waals surface area contributed by atoms with E-state index in [2.05, 4.69) is 5.32 Å². The third-order valence-corrected chi connectivity index (χ3v) is 4.35. The van der Waals surface area contributed by atoms with Crippen molar-refractivity contribution in [2.24, 2.45) is 0 Å². The maximum absolute atomic E-state index is 14.4. The van der Waals surface area contributed by atoms with Crippen LogP contribution in [0.5, 0.6) is 0 Å². The Morgan fingerprint density at radius 1 is 0.792 bits per heavy atom. The minimum atomic E-state index is -0.371. The summed E-state index contributed by atoms with van der Waals surface area (Å²) in [5, 5.41) is 17.2. The molecule has 24 heavy (non-hydrogen) atoms. The summed E-state index contributed by atoms with van der Waals surface area (Å²) in [6.45, 7) is 0. The summed E-state index contributed by atoms with van der Waals surface area (Å²) in [5.41, 5.74) is 0.861. The van der Waals surface area contributed by atoms with Crippen LogP contribution in [0.4, 0.5) is 4.39 Å². The van der Waals surface area contributed by atoms with Crippen molar-refractivity contribution in [1.82, 2.24) is 5.32 Å². The largest absolute Gasteiger partial charge is 0.494 e. The summed E-state index contributed by atoms with van der Waals surface area (Å²) in [4.78, 5) is 0. The van der Waals surface area contributed by atoms with Gasteiger partial charge in [0.2, 0.25) is 0 Å². The third kappa shape index (κ3) is 2.34. The molecular weight excluding hydrogens is 325 g/mol. The molecule has 0 aromatic heterocycles. The molecular formula is C20H13ClFNO. The summed E-state index contributed by atoms with van der Waals surface area (Å²) in [6.07, 6.45) is 0. The maximum atomic E-state index is 14.4. The molecule has 0 spiro atoms. The van der Waals surface area contributed by atoms with Gasteiger partial charge < -0.3 is 10.4 Å². The topological polar surface area (TPSA) is 32.3 Å². The normalized spacial score (nSPS) is 12.9. The summed E-state index contributed by atoms with van der Waals surface area (Å²) >= 11 is 6.18. The maximum Gasteiger partial charge on any atom is 0.196 e. The van der Waals surface area contributed by atoms with E-state index in [0.717, 1.165) is 15.7 Å². The van der Waals surface area contributed by atoms with Crippen molar-refractivity contribution < 1.29 is 9.50 Å². The van der Waals surface area contributed by atoms with Gasteiger partial charge in [0.1, 0.15) is 5.82 Å². The van der Waals surface area contributed by atoms with E-state index in [-0.39, 0.29) is 11.7 Å². The lowest BCUT2D eigenvalue weighted by molar-refractivity contribution is 0.476. The molecule has 0 amide bonds. The van der Waals surface area contributed by atoms with E-state index in [1.54, 1.807) is 30.3 Å². The molecule has 0 radical (unpaired) electrons. The van der Waals surface area contributed by atoms with Crippen molar-refractivity contribution in [2.75, 3.05) is 0 Å². The van der Waals surface area contributed by atoms with Crippen LogP contribution in [0.2, 0.25) is 5.02 Å². The minimum absolute atomic E-state index is 0.0174. The van der Waals surface area contributed by atoms with Crippen molar-refractivity contribution in [3.63, 3.8) is 0 Å². The SMILES string of the molecule is OC1=c2ccccc2=c2ccc(Cl)cc2=C(c2ccccc2F)N1. The van der Waals surface area contributed by atoms with Gasteiger partial charge in [0.15, 0.2) is 5.88 Å². The van der Waals surface area contributed by atoms with Crippen LogP contribution in [-0.2, 0) is 0 Å². The second-order valence-electron chi connectivity index (χ2n) is 5.56. The van der Waals surface area contributed by atoms with Crippen LogP contribution in [0.1, 0.15) is 5.56 Å². The quantitative estimate of drug-likeness (QED) is 0.715. The Morgan fingerprint density at radius 3 is 2.25 bits per heavy atom. The van der Waals surface area contributed by atoms with E-state index in [9.17, 15) is 9.50 Å². The van der Waals surface area contributed by atoms with E-state index >= 15 is 0 Å². The summed E-state index contributed by atoms with van der Waals surface area (Å²) < 4.78 is 14.4. The number of aliphatic hydroxyl groups excluding tert-OH is 1. The predicted octanol–water partition coefficient (Wildman–Crippen LogP) is 3.15. The molecule has 4 rings (SSSR count). The summed E-state index contributed by atoms with van der Waals surface area (Å²) in [5.74, 6) is -0.388. The zero-order valence-corrected chi connectivity index (χ0v) is 13.3. The van der Waals surface area contributed by atoms with E-state index in [1.165, 1.54) is 6.07 Å². The lowest BCUT2D eigenvalue weighted by Crippen LogP contribution is -2.23. The van der Waals surface area contributed by atoms with E-state index < -0.39 is 0 Å². The number of fused-ring (bicyclic) bond motifs is 2. The molecule has 0 saturated heterocycles. The molecule has 3 aromatic rings. The van der Waals surface area contributed by atoms with Gasteiger partial charge >= 0.3 is 0 Å². The van der Waals surface area contributed by atoms with Crippen LogP contribution in [0, 0.1) is 16.3 Å². The van der Waals surface area contributed by atoms with Gasteiger partial charge in [-0.15, -0.1) is 0 Å². The average Bonchev–Trinajstić information content (AvgIpc) is 2.71. The molecule has 0 fully saturated rings. The molecule has 2 N–H and O–H groups in total. The zero-order valence-electron chi connectivity index (χ0n) is 12.6. The number of hydrogen-bond donors (Lipinski definition) is 2. The first kappa shape index (κ1) is 14.8. The third-order valence-electron chi connectivity index (χ3n) is 4.11. The van der Waals surface area contributed by atoms with Gasteiger partial charge in [0.25, 0.3) is 0 Å². The monoisotopic (exact) mass is 337 g/mol. The number of nitrogens with one attached hydrogen (secondary N) is 1. The highest BCUT2D eigenvalue weighted by atomic mass is 35.5. The molecule has 1 heterocycles. The number of hydrogen-bond acceptors (Lipinski definition) is 2. The number of rotatable bonds is 1. The van der Waals surface area contributed by atoms with E-state index in [4.69, 9.17) is 11.6 Å². The van der Waals surface area contributed by atoms with Crippen molar-refractivity contribution in [1.29, 1.82) is 0 Å².